The molecule has 2 aliphatic rings. The number of ether oxygens (including phenoxy) is 2. The highest BCUT2D eigenvalue weighted by Crippen LogP contribution is 2.29. The standard InChI is InChI=1S/C11H22O.C10H20O/c1-8(2)10-5-6-11(9(3)4)12-7-10;1-7(2)9-5-6-10(11-9)8(3)4/h8-11H,5-7H2,1-4H3;7-10H,5-6H2,1-4H3. The van der Waals surface area contributed by atoms with Crippen LogP contribution < -0.4 is 0 Å². The minimum absolute atomic E-state index is 0.528. The van der Waals surface area contributed by atoms with Crippen LogP contribution in [-0.2, 0) is 9.47 Å². The molecule has 4 unspecified atom stereocenters. The Morgan fingerprint density at radius 1 is 0.565 bits per heavy atom. The van der Waals surface area contributed by atoms with Gasteiger partial charge in [0.25, 0.3) is 0 Å². The summed E-state index contributed by atoms with van der Waals surface area (Å²) in [6.45, 7) is 19.1. The van der Waals surface area contributed by atoms with Gasteiger partial charge in [0.15, 0.2) is 0 Å². The van der Waals surface area contributed by atoms with Crippen molar-refractivity contribution in [3.8, 4) is 0 Å². The lowest BCUT2D eigenvalue weighted by atomic mass is 9.86. The smallest absolute Gasteiger partial charge is 0.0602 e. The molecule has 2 rings (SSSR count). The van der Waals surface area contributed by atoms with Gasteiger partial charge in [0.1, 0.15) is 0 Å². The van der Waals surface area contributed by atoms with Crippen LogP contribution in [0.3, 0.4) is 0 Å². The molecule has 2 nitrogen and oxygen atoms in total. The van der Waals surface area contributed by atoms with E-state index in [2.05, 4.69) is 55.4 Å². The first-order valence-corrected chi connectivity index (χ1v) is 9.99. The predicted octanol–water partition coefficient (Wildman–Crippen LogP) is 5.94. The maximum Gasteiger partial charge on any atom is 0.0602 e. The molecular formula is C21H42O2. The third kappa shape index (κ3) is 7.13. The Hall–Kier alpha value is -0.0800. The van der Waals surface area contributed by atoms with E-state index in [9.17, 15) is 0 Å². The van der Waals surface area contributed by atoms with E-state index in [0.29, 0.717) is 36.1 Å². The second-order valence-electron chi connectivity index (χ2n) is 8.98. The maximum atomic E-state index is 5.88. The number of hydrogen-bond acceptors (Lipinski definition) is 2. The number of hydrogen-bond donors (Lipinski definition) is 0. The van der Waals surface area contributed by atoms with Crippen LogP contribution >= 0.6 is 0 Å². The molecule has 0 spiro atoms. The van der Waals surface area contributed by atoms with E-state index in [4.69, 9.17) is 9.47 Å². The molecule has 2 fully saturated rings. The highest BCUT2D eigenvalue weighted by molar-refractivity contribution is 4.77. The summed E-state index contributed by atoms with van der Waals surface area (Å²) in [6, 6.07) is 0. The summed E-state index contributed by atoms with van der Waals surface area (Å²) in [5.74, 6) is 3.67. The van der Waals surface area contributed by atoms with E-state index >= 15 is 0 Å². The van der Waals surface area contributed by atoms with E-state index in [1.165, 1.54) is 25.7 Å². The molecule has 0 aromatic heterocycles. The zero-order valence-electron chi connectivity index (χ0n) is 17.0. The lowest BCUT2D eigenvalue weighted by molar-refractivity contribution is -0.0496. The average Bonchev–Trinajstić information content (AvgIpc) is 2.98. The Labute approximate surface area is 145 Å². The van der Waals surface area contributed by atoms with Gasteiger partial charge < -0.3 is 9.47 Å². The Morgan fingerprint density at radius 2 is 1.00 bits per heavy atom. The zero-order chi connectivity index (χ0) is 17.6. The molecule has 0 saturated carbocycles. The summed E-state index contributed by atoms with van der Waals surface area (Å²) in [5.41, 5.74) is 0. The van der Waals surface area contributed by atoms with Crippen LogP contribution in [0.2, 0.25) is 0 Å². The average molecular weight is 327 g/mol. The van der Waals surface area contributed by atoms with E-state index in [0.717, 1.165) is 18.4 Å². The molecule has 0 amide bonds. The molecule has 0 aliphatic carbocycles. The first-order valence-electron chi connectivity index (χ1n) is 9.99. The van der Waals surface area contributed by atoms with E-state index < -0.39 is 0 Å². The van der Waals surface area contributed by atoms with Gasteiger partial charge in [0.05, 0.1) is 24.9 Å². The van der Waals surface area contributed by atoms with Gasteiger partial charge in [-0.15, -0.1) is 0 Å². The van der Waals surface area contributed by atoms with Gasteiger partial charge in [-0.25, -0.2) is 0 Å². The Kier molecular flexibility index (Phi) is 9.15. The van der Waals surface area contributed by atoms with E-state index in [1.807, 2.05) is 0 Å². The first-order chi connectivity index (χ1) is 10.7. The lowest BCUT2D eigenvalue weighted by Gasteiger charge is -2.33. The Balaban J connectivity index is 0.000000231. The maximum absolute atomic E-state index is 5.88. The van der Waals surface area contributed by atoms with Gasteiger partial charge in [0, 0.05) is 0 Å². The predicted molar refractivity (Wildman–Crippen MR) is 99.7 cm³/mol. The molecule has 0 N–H and O–H groups in total. The van der Waals surface area contributed by atoms with Crippen LogP contribution in [0.5, 0.6) is 0 Å². The molecule has 2 aliphatic heterocycles. The second kappa shape index (κ2) is 10.0. The van der Waals surface area contributed by atoms with Crippen molar-refractivity contribution in [1.29, 1.82) is 0 Å². The highest BCUT2D eigenvalue weighted by atomic mass is 16.5. The van der Waals surface area contributed by atoms with Crippen LogP contribution in [0.15, 0.2) is 0 Å². The summed E-state index contributed by atoms with van der Waals surface area (Å²) >= 11 is 0. The Morgan fingerprint density at radius 3 is 1.26 bits per heavy atom. The van der Waals surface area contributed by atoms with Crippen LogP contribution in [0.1, 0.15) is 81.1 Å². The molecular weight excluding hydrogens is 284 g/mol. The molecule has 2 heteroatoms. The van der Waals surface area contributed by atoms with Crippen molar-refractivity contribution in [3.05, 3.63) is 0 Å². The van der Waals surface area contributed by atoms with Crippen LogP contribution in [-0.4, -0.2) is 24.9 Å². The second-order valence-corrected chi connectivity index (χ2v) is 8.98. The molecule has 2 heterocycles. The number of rotatable bonds is 4. The fourth-order valence-electron chi connectivity index (χ4n) is 3.51. The van der Waals surface area contributed by atoms with Crippen molar-refractivity contribution < 1.29 is 9.47 Å². The van der Waals surface area contributed by atoms with E-state index in [1.54, 1.807) is 0 Å². The fraction of sp³-hybridized carbons (Fsp3) is 1.00. The van der Waals surface area contributed by atoms with Gasteiger partial charge in [-0.1, -0.05) is 55.4 Å². The molecule has 0 radical (unpaired) electrons. The van der Waals surface area contributed by atoms with Crippen molar-refractivity contribution in [3.63, 3.8) is 0 Å². The molecule has 23 heavy (non-hydrogen) atoms. The Bertz CT molecular complexity index is 271. The monoisotopic (exact) mass is 326 g/mol. The van der Waals surface area contributed by atoms with Gasteiger partial charge in [0.2, 0.25) is 0 Å². The third-order valence-electron chi connectivity index (χ3n) is 5.61. The molecule has 0 aromatic rings. The summed E-state index contributed by atoms with van der Waals surface area (Å²) in [7, 11) is 0. The van der Waals surface area contributed by atoms with Crippen molar-refractivity contribution in [1.82, 2.24) is 0 Å². The van der Waals surface area contributed by atoms with Gasteiger partial charge in [-0.3, -0.25) is 0 Å². The topological polar surface area (TPSA) is 18.5 Å². The summed E-state index contributed by atoms with van der Waals surface area (Å²) in [5, 5.41) is 0. The normalized spacial score (nSPS) is 31.8. The van der Waals surface area contributed by atoms with Gasteiger partial charge >= 0.3 is 0 Å². The van der Waals surface area contributed by atoms with Crippen LogP contribution in [0.25, 0.3) is 0 Å². The molecule has 2 saturated heterocycles. The quantitative estimate of drug-likeness (QED) is 0.636. The molecule has 138 valence electrons. The minimum Gasteiger partial charge on any atom is -0.378 e. The van der Waals surface area contributed by atoms with Gasteiger partial charge in [-0.2, -0.15) is 0 Å². The van der Waals surface area contributed by atoms with Gasteiger partial charge in [-0.05, 0) is 55.3 Å². The van der Waals surface area contributed by atoms with E-state index in [-0.39, 0.29) is 0 Å². The van der Waals surface area contributed by atoms with Crippen molar-refractivity contribution in [2.75, 3.05) is 6.61 Å². The van der Waals surface area contributed by atoms with Crippen molar-refractivity contribution >= 4 is 0 Å². The molecule has 4 atom stereocenters. The first kappa shape index (κ1) is 21.0. The third-order valence-corrected chi connectivity index (χ3v) is 5.61. The van der Waals surface area contributed by atoms with Crippen molar-refractivity contribution in [2.24, 2.45) is 29.6 Å². The SMILES string of the molecule is CC(C)C1CCC(C(C)C)O1.CC(C)C1CCC(C(C)C)OC1. The summed E-state index contributed by atoms with van der Waals surface area (Å²) in [4.78, 5) is 0. The van der Waals surface area contributed by atoms with Crippen LogP contribution in [0.4, 0.5) is 0 Å². The summed E-state index contributed by atoms with van der Waals surface area (Å²) < 4.78 is 11.7. The molecule has 0 aromatic carbocycles. The summed E-state index contributed by atoms with van der Waals surface area (Å²) in [6.07, 6.45) is 6.74. The zero-order valence-corrected chi connectivity index (χ0v) is 17.0. The van der Waals surface area contributed by atoms with Crippen molar-refractivity contribution in [2.45, 2.75) is 99.4 Å². The minimum atomic E-state index is 0.528. The highest BCUT2D eigenvalue weighted by Gasteiger charge is 2.29. The van der Waals surface area contributed by atoms with Crippen LogP contribution in [0, 0.1) is 29.6 Å². The lowest BCUT2D eigenvalue weighted by Crippen LogP contribution is -2.31. The largest absolute Gasteiger partial charge is 0.378 e. The molecule has 0 bridgehead atoms. The fourth-order valence-corrected chi connectivity index (χ4v) is 3.51.